The van der Waals surface area contributed by atoms with Gasteiger partial charge in [0.25, 0.3) is 0 Å². The molecule has 0 atom stereocenters. The molecule has 1 nitrogen and oxygen atoms in total. The maximum atomic E-state index is 2.50. The average Bonchev–Trinajstić information content (AvgIpc) is 3.65. The molecule has 11 rings (SSSR count). The van der Waals surface area contributed by atoms with E-state index < -0.39 is 5.41 Å². The van der Waals surface area contributed by atoms with Crippen molar-refractivity contribution in [1.29, 1.82) is 0 Å². The lowest BCUT2D eigenvalue weighted by molar-refractivity contribution is 0.776. The topological polar surface area (TPSA) is 3.24 Å². The lowest BCUT2D eigenvalue weighted by Crippen LogP contribution is -2.29. The van der Waals surface area contributed by atoms with Crippen molar-refractivity contribution in [2.45, 2.75) is 25.2 Å². The van der Waals surface area contributed by atoms with Crippen LogP contribution in [-0.2, 0) is 11.8 Å². The van der Waals surface area contributed by atoms with E-state index in [1.807, 2.05) is 0 Å². The summed E-state index contributed by atoms with van der Waals surface area (Å²) in [5.74, 6) is 0. The summed E-state index contributed by atoms with van der Waals surface area (Å²) in [7, 11) is 0. The molecule has 1 aliphatic rings. The molecule has 0 spiro atoms. The Hall–Kier alpha value is -7.48. The van der Waals surface area contributed by atoms with Crippen molar-refractivity contribution < 1.29 is 0 Å². The molecule has 1 aliphatic carbocycles. The van der Waals surface area contributed by atoms with Crippen LogP contribution in [0.15, 0.2) is 231 Å². The highest BCUT2D eigenvalue weighted by molar-refractivity contribution is 6.19. The van der Waals surface area contributed by atoms with Crippen molar-refractivity contribution in [3.63, 3.8) is 0 Å². The summed E-state index contributed by atoms with van der Waals surface area (Å²) in [4.78, 5) is 2.47. The number of nitrogens with zero attached hydrogens (tertiary/aromatic N) is 1. The van der Waals surface area contributed by atoms with Crippen LogP contribution in [0.4, 0.5) is 17.1 Å². The van der Waals surface area contributed by atoms with Gasteiger partial charge in [0.2, 0.25) is 0 Å². The summed E-state index contributed by atoms with van der Waals surface area (Å²) < 4.78 is 0. The van der Waals surface area contributed by atoms with Gasteiger partial charge >= 0.3 is 0 Å². The van der Waals surface area contributed by atoms with E-state index >= 15 is 0 Å². The second-order valence-corrected chi connectivity index (χ2v) is 16.3. The summed E-state index contributed by atoms with van der Waals surface area (Å²) in [6.07, 6.45) is 2.21. The van der Waals surface area contributed by atoms with Gasteiger partial charge in [-0.2, -0.15) is 0 Å². The molecule has 0 aliphatic heterocycles. The molecule has 61 heavy (non-hydrogen) atoms. The van der Waals surface area contributed by atoms with Crippen molar-refractivity contribution in [3.8, 4) is 33.4 Å². The van der Waals surface area contributed by atoms with E-state index in [-0.39, 0.29) is 0 Å². The highest BCUT2D eigenvalue weighted by Gasteiger charge is 2.48. The predicted octanol–water partition coefficient (Wildman–Crippen LogP) is 16.1. The number of hydrogen-bond donors (Lipinski definition) is 0. The largest absolute Gasteiger partial charge is 0.310 e. The van der Waals surface area contributed by atoms with Gasteiger partial charge in [0.1, 0.15) is 0 Å². The maximum Gasteiger partial charge on any atom is 0.0720 e. The van der Waals surface area contributed by atoms with Crippen LogP contribution in [0.5, 0.6) is 0 Å². The SMILES string of the molecule is CCCc1cccc(-c2ccc(N(c3ccc4c(c3)C(c3ccccc3)(c3ccccc3)c3c-4c4ccccc4c4ccccc34)c3ccccc3-c3ccccc3)cc2)c1. The van der Waals surface area contributed by atoms with Crippen molar-refractivity contribution in [3.05, 3.63) is 258 Å². The van der Waals surface area contributed by atoms with Gasteiger partial charge < -0.3 is 4.90 Å². The molecule has 0 saturated carbocycles. The van der Waals surface area contributed by atoms with Gasteiger partial charge in [-0.3, -0.25) is 0 Å². The first-order chi connectivity index (χ1) is 30.2. The number of hydrogen-bond acceptors (Lipinski definition) is 1. The highest BCUT2D eigenvalue weighted by atomic mass is 15.1. The van der Waals surface area contributed by atoms with Crippen LogP contribution in [0, 0.1) is 0 Å². The van der Waals surface area contributed by atoms with Crippen molar-refractivity contribution in [2.24, 2.45) is 0 Å². The van der Waals surface area contributed by atoms with Crippen LogP contribution >= 0.6 is 0 Å². The van der Waals surface area contributed by atoms with Crippen LogP contribution in [0.3, 0.4) is 0 Å². The van der Waals surface area contributed by atoms with Crippen molar-refractivity contribution in [1.82, 2.24) is 0 Å². The third-order valence-corrected chi connectivity index (χ3v) is 12.8. The molecule has 10 aromatic carbocycles. The summed E-state index contributed by atoms with van der Waals surface area (Å²) in [6, 6.07) is 85.5. The molecule has 10 aromatic rings. The Morgan fingerprint density at radius 3 is 1.64 bits per heavy atom. The molecule has 290 valence electrons. The standard InChI is InChI=1S/C60H45N/c1-2-19-42-20-18-23-45(40-42)43-34-36-48(37-35-43)61(57-33-17-16-28-50(57)44-21-6-3-7-22-44)49-38-39-55-56(41-49)60(46-24-8-4-9-25-46,47-26-10-5-11-27-47)59-54-32-15-13-30-52(54)51-29-12-14-31-53(51)58(55)59/h3-18,20-41H,2,19H2,1H3. The number of benzene rings is 10. The minimum atomic E-state index is -0.606. The monoisotopic (exact) mass is 779 g/mol. The Labute approximate surface area is 358 Å². The molecule has 0 N–H and O–H groups in total. The first-order valence-corrected chi connectivity index (χ1v) is 21.6. The first kappa shape index (κ1) is 36.6. The Balaban J connectivity index is 1.21. The molecule has 0 unspecified atom stereocenters. The van der Waals surface area contributed by atoms with Crippen LogP contribution < -0.4 is 4.90 Å². The zero-order chi connectivity index (χ0) is 40.8. The molecule has 0 heterocycles. The Morgan fingerprint density at radius 1 is 0.393 bits per heavy atom. The van der Waals surface area contributed by atoms with Gasteiger partial charge in [-0.15, -0.1) is 0 Å². The minimum absolute atomic E-state index is 0.606. The van der Waals surface area contributed by atoms with E-state index in [4.69, 9.17) is 0 Å². The Bertz CT molecular complexity index is 3140. The minimum Gasteiger partial charge on any atom is -0.310 e. The summed E-state index contributed by atoms with van der Waals surface area (Å²) in [5.41, 5.74) is 16.7. The summed E-state index contributed by atoms with van der Waals surface area (Å²) in [6.45, 7) is 2.25. The molecule has 0 fully saturated rings. The Morgan fingerprint density at radius 2 is 0.951 bits per heavy atom. The molecule has 0 saturated heterocycles. The van der Waals surface area contributed by atoms with Crippen LogP contribution in [0.25, 0.3) is 54.9 Å². The predicted molar refractivity (Wildman–Crippen MR) is 258 cm³/mol. The Kier molecular flexibility index (Phi) is 9.16. The van der Waals surface area contributed by atoms with Crippen molar-refractivity contribution in [2.75, 3.05) is 4.90 Å². The number of rotatable bonds is 9. The number of fused-ring (bicyclic) bond motifs is 8. The molecule has 0 bridgehead atoms. The molecule has 0 amide bonds. The fourth-order valence-electron chi connectivity index (χ4n) is 10.2. The van der Waals surface area contributed by atoms with Gasteiger partial charge in [0.15, 0.2) is 0 Å². The average molecular weight is 780 g/mol. The fourth-order valence-corrected chi connectivity index (χ4v) is 10.2. The summed E-state index contributed by atoms with van der Waals surface area (Å²) >= 11 is 0. The van der Waals surface area contributed by atoms with Crippen LogP contribution in [0.1, 0.15) is 41.2 Å². The van der Waals surface area contributed by atoms with Gasteiger partial charge in [-0.05, 0) is 114 Å². The van der Waals surface area contributed by atoms with E-state index in [0.717, 1.165) is 29.9 Å². The van der Waals surface area contributed by atoms with E-state index in [2.05, 4.69) is 242 Å². The first-order valence-electron chi connectivity index (χ1n) is 21.6. The van der Waals surface area contributed by atoms with Gasteiger partial charge in [-0.25, -0.2) is 0 Å². The van der Waals surface area contributed by atoms with Crippen molar-refractivity contribution >= 4 is 38.6 Å². The number of aryl methyl sites for hydroxylation is 1. The van der Waals surface area contributed by atoms with Gasteiger partial charge in [-0.1, -0.05) is 214 Å². The molecule has 0 aromatic heterocycles. The number of para-hydroxylation sites is 1. The number of anilines is 3. The van der Waals surface area contributed by atoms with E-state index in [1.165, 1.54) is 82.7 Å². The van der Waals surface area contributed by atoms with E-state index in [1.54, 1.807) is 0 Å². The lowest BCUT2D eigenvalue weighted by atomic mass is 9.66. The van der Waals surface area contributed by atoms with Crippen LogP contribution in [0.2, 0.25) is 0 Å². The van der Waals surface area contributed by atoms with E-state index in [0.29, 0.717) is 0 Å². The van der Waals surface area contributed by atoms with Gasteiger partial charge in [0, 0.05) is 16.9 Å². The van der Waals surface area contributed by atoms with E-state index in [9.17, 15) is 0 Å². The highest BCUT2D eigenvalue weighted by Crippen LogP contribution is 2.61. The quantitative estimate of drug-likeness (QED) is 0.132. The normalized spacial score (nSPS) is 12.6. The zero-order valence-electron chi connectivity index (χ0n) is 34.3. The summed E-state index contributed by atoms with van der Waals surface area (Å²) in [5, 5.41) is 5.12. The molecule has 1 heteroatoms. The third kappa shape index (κ3) is 6.00. The zero-order valence-corrected chi connectivity index (χ0v) is 34.3. The van der Waals surface area contributed by atoms with Gasteiger partial charge in [0.05, 0.1) is 11.1 Å². The second kappa shape index (κ2) is 15.3. The molecular weight excluding hydrogens is 735 g/mol. The molecular formula is C60H45N. The second-order valence-electron chi connectivity index (χ2n) is 16.3. The maximum absolute atomic E-state index is 2.50. The smallest absolute Gasteiger partial charge is 0.0720 e. The fraction of sp³-hybridized carbons (Fsp3) is 0.0667. The lowest BCUT2D eigenvalue weighted by Gasteiger charge is -2.36. The van der Waals surface area contributed by atoms with Crippen LogP contribution in [-0.4, -0.2) is 0 Å². The third-order valence-electron chi connectivity index (χ3n) is 12.8. The molecule has 0 radical (unpaired) electrons.